The molecule has 0 fully saturated rings. The first-order valence-electron chi connectivity index (χ1n) is 3.16. The van der Waals surface area contributed by atoms with E-state index in [0.717, 1.165) is 8.19 Å². The van der Waals surface area contributed by atoms with Crippen LogP contribution < -0.4 is 0 Å². The Hall–Kier alpha value is -0.351. The fourth-order valence-electron chi connectivity index (χ4n) is 0.561. The molecule has 0 spiro atoms. The van der Waals surface area contributed by atoms with E-state index in [2.05, 4.69) is 11.6 Å². The Morgan fingerprint density at radius 3 is 2.00 bits per heavy atom. The Morgan fingerprint density at radius 2 is 1.82 bits per heavy atom. The Morgan fingerprint density at radius 1 is 1.09 bits per heavy atom. The molecule has 2 aromatic rings. The van der Waals surface area contributed by atoms with Gasteiger partial charge in [0.15, 0.2) is 0 Å². The maximum atomic E-state index is 3.01. The molecule has 0 saturated heterocycles. The van der Waals surface area contributed by atoms with Crippen LogP contribution in [0.5, 0.6) is 0 Å². The molecule has 0 nitrogen and oxygen atoms in total. The average Bonchev–Trinajstić information content (AvgIpc) is 2.67. The van der Waals surface area contributed by atoms with Crippen molar-refractivity contribution in [3.63, 3.8) is 0 Å². The fraction of sp³-hybridized carbons (Fsp3) is 0. The van der Waals surface area contributed by atoms with Crippen LogP contribution in [0.3, 0.4) is 0 Å². The predicted molar refractivity (Wildman–Crippen MR) is 46.8 cm³/mol. The summed E-state index contributed by atoms with van der Waals surface area (Å²) in [5.41, 5.74) is 0. The molecule has 2 heteroatoms. The quantitative estimate of drug-likeness (QED) is 0.457. The molecule has 11 heavy (non-hydrogen) atoms. The smallest absolute Gasteiger partial charge is 0.271 e. The zero-order chi connectivity index (χ0) is 7.07. The molecule has 0 N–H and O–H groups in total. The van der Waals surface area contributed by atoms with Gasteiger partial charge in [-0.1, -0.05) is 0 Å². The van der Waals surface area contributed by atoms with Crippen LogP contribution in [0.4, 0.5) is 0 Å². The van der Waals surface area contributed by atoms with Gasteiger partial charge in [-0.15, -0.1) is 0 Å². The van der Waals surface area contributed by atoms with Gasteiger partial charge in [-0.05, 0) is 0 Å². The Kier molecular flexibility index (Phi) is 7.51. The normalized spacial score (nSPS) is 8.00. The third kappa shape index (κ3) is 6.06. The van der Waals surface area contributed by atoms with E-state index in [1.165, 1.54) is 0 Å². The molecule has 1 aromatic carbocycles. The topological polar surface area (TPSA) is 0 Å². The van der Waals surface area contributed by atoms with Crippen molar-refractivity contribution in [2.75, 3.05) is 0 Å². The number of rotatable bonds is 0. The van der Waals surface area contributed by atoms with Crippen molar-refractivity contribution in [1.29, 1.82) is 0 Å². The molecule has 0 amide bonds. The molecule has 1 aromatic heterocycles. The van der Waals surface area contributed by atoms with E-state index >= 15 is 0 Å². The first-order chi connectivity index (χ1) is 5.00. The minimum Gasteiger partial charge on any atom is -0.271 e. The molecule has 0 radical (unpaired) electrons. The van der Waals surface area contributed by atoms with Gasteiger partial charge >= 0.3 is 17.1 Å². The zero-order valence-corrected chi connectivity index (χ0v) is 8.08. The summed E-state index contributed by atoms with van der Waals surface area (Å²) in [6, 6.07) is 14.0. The van der Waals surface area contributed by atoms with Gasteiger partial charge in [-0.25, -0.2) is 18.2 Å². The van der Waals surface area contributed by atoms with Crippen molar-refractivity contribution in [1.82, 2.24) is 0 Å². The number of hydrogen-bond acceptors (Lipinski definition) is 0. The molecule has 0 saturated carbocycles. The second kappa shape index (κ2) is 7.75. The van der Waals surface area contributed by atoms with Gasteiger partial charge in [0, 0.05) is 0 Å². The van der Waals surface area contributed by atoms with Crippen molar-refractivity contribution in [2.45, 2.75) is 0 Å². The molecule has 0 bridgehead atoms. The third-order valence-corrected chi connectivity index (χ3v) is 1.69. The maximum Gasteiger partial charge on any atom is 2.00 e. The van der Waals surface area contributed by atoms with E-state index in [1.54, 1.807) is 0 Å². The summed E-state index contributed by atoms with van der Waals surface area (Å²) < 4.78 is 0. The monoisotopic (exact) mass is 204 g/mol. The van der Waals surface area contributed by atoms with Gasteiger partial charge in [-0.3, -0.25) is 8.19 Å². The van der Waals surface area contributed by atoms with Gasteiger partial charge in [0.1, 0.15) is 0 Å². The van der Waals surface area contributed by atoms with Crippen molar-refractivity contribution in [2.24, 2.45) is 0 Å². The summed E-state index contributed by atoms with van der Waals surface area (Å²) in [6.45, 7) is 0. The van der Waals surface area contributed by atoms with Crippen LogP contribution in [0, 0.1) is 5.80 Å². The Labute approximate surface area is 79.6 Å². The summed E-state index contributed by atoms with van der Waals surface area (Å²) >= 11 is 0. The molecular formula is C9H9FeP. The largest absolute Gasteiger partial charge is 2.00 e. The maximum absolute atomic E-state index is 3.01. The van der Waals surface area contributed by atoms with Crippen LogP contribution in [0.15, 0.2) is 48.3 Å². The van der Waals surface area contributed by atoms with Gasteiger partial charge in [0.25, 0.3) is 0 Å². The van der Waals surface area contributed by atoms with Gasteiger partial charge in [-0.2, -0.15) is 35.9 Å². The van der Waals surface area contributed by atoms with E-state index in [1.807, 2.05) is 42.5 Å². The minimum absolute atomic E-state index is 0. The molecule has 1 unspecified atom stereocenters. The second-order valence-corrected chi connectivity index (χ2v) is 2.69. The standard InChI is InChI=1S/C5H5.C4H4P.Fe/c2*1-2-4-5-3-1;/h1-5H;1-3,5H;/q2*-1;+2. The summed E-state index contributed by atoms with van der Waals surface area (Å²) in [5.74, 6) is 5.11. The fourth-order valence-corrected chi connectivity index (χ4v) is 1.04. The van der Waals surface area contributed by atoms with E-state index < -0.39 is 0 Å². The van der Waals surface area contributed by atoms with Crippen molar-refractivity contribution >= 4 is 8.19 Å². The van der Waals surface area contributed by atoms with Gasteiger partial charge < -0.3 is 0 Å². The molecular weight excluding hydrogens is 195 g/mol. The zero-order valence-electron chi connectivity index (χ0n) is 5.97. The number of hydrogen-bond donors (Lipinski definition) is 0. The van der Waals surface area contributed by atoms with E-state index in [-0.39, 0.29) is 17.1 Å². The van der Waals surface area contributed by atoms with E-state index in [0.29, 0.717) is 0 Å². The first-order valence-corrected chi connectivity index (χ1v) is 4.24. The summed E-state index contributed by atoms with van der Waals surface area (Å²) in [4.78, 5) is 0. The van der Waals surface area contributed by atoms with Crippen molar-refractivity contribution in [3.8, 4) is 0 Å². The Balaban J connectivity index is 0.000000167. The summed E-state index contributed by atoms with van der Waals surface area (Å²) in [5, 5.41) is 0. The van der Waals surface area contributed by atoms with Crippen LogP contribution in [0.2, 0.25) is 0 Å². The van der Waals surface area contributed by atoms with E-state index in [9.17, 15) is 0 Å². The molecule has 58 valence electrons. The summed E-state index contributed by atoms with van der Waals surface area (Å²) in [6.07, 6.45) is 0. The minimum atomic E-state index is 0. The molecule has 0 aliphatic heterocycles. The predicted octanol–water partition coefficient (Wildman–Crippen LogP) is 2.92. The summed E-state index contributed by atoms with van der Waals surface area (Å²) in [7, 11) is 0.823. The van der Waals surface area contributed by atoms with Gasteiger partial charge in [0.2, 0.25) is 0 Å². The Bertz CT molecular complexity index is 149. The van der Waals surface area contributed by atoms with Gasteiger partial charge in [0.05, 0.1) is 0 Å². The molecule has 0 aliphatic carbocycles. The molecule has 0 aliphatic rings. The second-order valence-electron chi connectivity index (χ2n) is 1.78. The van der Waals surface area contributed by atoms with Crippen LogP contribution in [0.1, 0.15) is 0 Å². The average molecular weight is 204 g/mol. The molecule has 1 atom stereocenters. The van der Waals surface area contributed by atoms with E-state index in [4.69, 9.17) is 0 Å². The molecule has 2 rings (SSSR count). The SMILES string of the molecule is [Fe+2].[c-]1ccc[pH]1.c1cc[cH-]c1. The third-order valence-electron chi connectivity index (χ3n) is 0.998. The van der Waals surface area contributed by atoms with Crippen LogP contribution in [0.25, 0.3) is 0 Å². The van der Waals surface area contributed by atoms with Crippen LogP contribution >= 0.6 is 8.19 Å². The van der Waals surface area contributed by atoms with Crippen molar-refractivity contribution in [3.05, 3.63) is 54.1 Å². The van der Waals surface area contributed by atoms with Crippen LogP contribution in [-0.2, 0) is 17.1 Å². The first kappa shape index (κ1) is 10.6. The van der Waals surface area contributed by atoms with Crippen molar-refractivity contribution < 1.29 is 17.1 Å². The molecule has 1 heterocycles. The van der Waals surface area contributed by atoms with Crippen LogP contribution in [-0.4, -0.2) is 0 Å².